The number of carboxylic acids is 1. The molecule has 4 aromatic rings. The van der Waals surface area contributed by atoms with Crippen LogP contribution in [0.3, 0.4) is 0 Å². The lowest BCUT2D eigenvalue weighted by atomic mass is 9.99. The highest BCUT2D eigenvalue weighted by Gasteiger charge is 2.42. The summed E-state index contributed by atoms with van der Waals surface area (Å²) in [5, 5.41) is 9.46. The molecule has 2 aromatic carbocycles. The first kappa shape index (κ1) is 29.2. The number of rotatable bonds is 7. The number of aromatic nitrogens is 3. The topological polar surface area (TPSA) is 105 Å². The van der Waals surface area contributed by atoms with E-state index in [4.69, 9.17) is 18.9 Å². The van der Waals surface area contributed by atoms with Gasteiger partial charge in [-0.05, 0) is 48.7 Å². The summed E-state index contributed by atoms with van der Waals surface area (Å²) in [6.07, 6.45) is -0.394. The van der Waals surface area contributed by atoms with Gasteiger partial charge in [-0.25, -0.2) is 14.2 Å². The molecule has 0 saturated carbocycles. The molecule has 234 valence electrons. The van der Waals surface area contributed by atoms with Crippen molar-refractivity contribution in [2.45, 2.75) is 56.9 Å². The van der Waals surface area contributed by atoms with E-state index in [0.717, 1.165) is 35.9 Å². The van der Waals surface area contributed by atoms with Gasteiger partial charge in [0.2, 0.25) is 0 Å². The Hall–Kier alpha value is -4.49. The molecule has 3 atom stereocenters. The molecule has 45 heavy (non-hydrogen) atoms. The van der Waals surface area contributed by atoms with Gasteiger partial charge >= 0.3 is 12.1 Å². The van der Waals surface area contributed by atoms with Crippen LogP contribution in [0.1, 0.15) is 52.8 Å². The predicted molar refractivity (Wildman–Crippen MR) is 151 cm³/mol. The lowest BCUT2D eigenvalue weighted by Crippen LogP contribution is -2.33. The van der Waals surface area contributed by atoms with E-state index in [1.54, 1.807) is 19.1 Å². The minimum atomic E-state index is -4.51. The molecule has 0 aliphatic carbocycles. The Balaban J connectivity index is 1.11. The molecule has 2 aromatic heterocycles. The number of para-hydroxylation sites is 1. The third-order valence-corrected chi connectivity index (χ3v) is 8.31. The van der Waals surface area contributed by atoms with Crippen LogP contribution in [-0.2, 0) is 34.4 Å². The van der Waals surface area contributed by atoms with Crippen LogP contribution in [0.4, 0.5) is 17.6 Å². The van der Waals surface area contributed by atoms with Crippen molar-refractivity contribution in [3.63, 3.8) is 0 Å². The Morgan fingerprint density at radius 2 is 1.96 bits per heavy atom. The maximum Gasteiger partial charge on any atom is 0.417 e. The first-order chi connectivity index (χ1) is 21.5. The summed E-state index contributed by atoms with van der Waals surface area (Å²) in [5.41, 5.74) is 1.22. The second-order valence-electron chi connectivity index (χ2n) is 11.4. The van der Waals surface area contributed by atoms with E-state index in [9.17, 15) is 27.5 Å². The zero-order valence-corrected chi connectivity index (χ0v) is 23.9. The van der Waals surface area contributed by atoms with E-state index in [2.05, 4.69) is 9.97 Å². The smallest absolute Gasteiger partial charge is 0.417 e. The van der Waals surface area contributed by atoms with E-state index >= 15 is 0 Å². The second-order valence-corrected chi connectivity index (χ2v) is 11.4. The fraction of sp³-hybridized carbons (Fsp3) is 0.344. The van der Waals surface area contributed by atoms with Gasteiger partial charge in [0.1, 0.15) is 17.0 Å². The number of pyridine rings is 1. The molecular weight excluding hydrogens is 598 g/mol. The van der Waals surface area contributed by atoms with Gasteiger partial charge in [-0.15, -0.1) is 0 Å². The van der Waals surface area contributed by atoms with E-state index < -0.39 is 29.3 Å². The minimum Gasteiger partial charge on any atom is -0.478 e. The number of ether oxygens (including phenoxy) is 4. The van der Waals surface area contributed by atoms with Crippen LogP contribution >= 0.6 is 0 Å². The Morgan fingerprint density at radius 3 is 2.60 bits per heavy atom. The van der Waals surface area contributed by atoms with E-state index in [-0.39, 0.29) is 35.6 Å². The molecule has 3 aliphatic heterocycles. The lowest BCUT2D eigenvalue weighted by molar-refractivity contribution is -0.138. The molecule has 0 amide bonds. The molecule has 9 nitrogen and oxygen atoms in total. The largest absolute Gasteiger partial charge is 0.478 e. The van der Waals surface area contributed by atoms with E-state index in [1.165, 1.54) is 12.1 Å². The van der Waals surface area contributed by atoms with Crippen LogP contribution < -0.4 is 9.47 Å². The Bertz CT molecular complexity index is 1830. The van der Waals surface area contributed by atoms with Gasteiger partial charge in [-0.1, -0.05) is 18.2 Å². The summed E-state index contributed by atoms with van der Waals surface area (Å²) >= 11 is 0. The van der Waals surface area contributed by atoms with Crippen molar-refractivity contribution in [1.29, 1.82) is 0 Å². The molecule has 0 bridgehead atoms. The summed E-state index contributed by atoms with van der Waals surface area (Å²) in [7, 11) is 0. The summed E-state index contributed by atoms with van der Waals surface area (Å²) in [6.45, 7) is 2.88. The predicted octanol–water partition coefficient (Wildman–Crippen LogP) is 6.14. The summed E-state index contributed by atoms with van der Waals surface area (Å²) in [4.78, 5) is 20.1. The van der Waals surface area contributed by atoms with Crippen LogP contribution in [0, 0.1) is 5.82 Å². The van der Waals surface area contributed by atoms with Gasteiger partial charge in [-0.2, -0.15) is 13.2 Å². The number of nitrogens with zero attached hydrogens (tertiary/aromatic N) is 3. The minimum absolute atomic E-state index is 0.0673. The summed E-state index contributed by atoms with van der Waals surface area (Å²) in [6, 6.07) is 9.94. The van der Waals surface area contributed by atoms with Gasteiger partial charge in [0.05, 0.1) is 42.0 Å². The Labute approximate surface area is 254 Å². The number of benzene rings is 2. The number of carbonyl (C=O) groups is 1. The molecule has 1 saturated heterocycles. The normalized spacial score (nSPS) is 22.7. The second kappa shape index (κ2) is 10.8. The highest BCUT2D eigenvalue weighted by Crippen LogP contribution is 2.48. The fourth-order valence-corrected chi connectivity index (χ4v) is 5.80. The van der Waals surface area contributed by atoms with Crippen molar-refractivity contribution in [1.82, 2.24) is 14.5 Å². The van der Waals surface area contributed by atoms with Crippen LogP contribution in [0.2, 0.25) is 0 Å². The van der Waals surface area contributed by atoms with Gasteiger partial charge < -0.3 is 28.6 Å². The molecular formula is C32H27F4N3O6. The van der Waals surface area contributed by atoms with Crippen molar-refractivity contribution < 1.29 is 46.4 Å². The summed E-state index contributed by atoms with van der Waals surface area (Å²) < 4.78 is 79.9. The van der Waals surface area contributed by atoms with Crippen LogP contribution in [0.15, 0.2) is 54.7 Å². The van der Waals surface area contributed by atoms with Crippen LogP contribution in [-0.4, -0.2) is 51.0 Å². The van der Waals surface area contributed by atoms with Gasteiger partial charge in [0, 0.05) is 31.7 Å². The van der Waals surface area contributed by atoms with Crippen molar-refractivity contribution in [2.24, 2.45) is 0 Å². The highest BCUT2D eigenvalue weighted by atomic mass is 19.4. The molecule has 3 aliphatic rings. The lowest BCUT2D eigenvalue weighted by Gasteiger charge is -2.28. The average Bonchev–Trinajstić information content (AvgIpc) is 3.52. The number of aromatic carboxylic acids is 1. The maximum atomic E-state index is 14.9. The number of halogens is 4. The number of fused-ring (bicyclic) bond motifs is 2. The first-order valence-electron chi connectivity index (χ1n) is 14.4. The number of carboxylic acid groups (broad SMARTS) is 1. The molecule has 0 spiro atoms. The van der Waals surface area contributed by atoms with Gasteiger partial charge in [-0.3, -0.25) is 4.98 Å². The standard InChI is InChI=1S/C32H27F4N3O6/c1-31(26-8-6-19(14-37-26)32(34,35)36)44-25-4-2-3-22(29(25)45-31)17-5-7-20(43-16-17)13-27-38-28-23(33)11-18(30(40)41)12-24(28)39(27)15-21-9-10-42-21/h2-6,8,11-12,14,20-21H,7,9-10,13,15-16H2,1H3,(H,40,41)/t20?,21-,31-/m0/s1. The Morgan fingerprint density at radius 1 is 1.13 bits per heavy atom. The van der Waals surface area contributed by atoms with Crippen LogP contribution in [0.5, 0.6) is 11.5 Å². The monoisotopic (exact) mass is 625 g/mol. The van der Waals surface area contributed by atoms with Gasteiger partial charge in [0.15, 0.2) is 17.3 Å². The first-order valence-corrected chi connectivity index (χ1v) is 14.4. The summed E-state index contributed by atoms with van der Waals surface area (Å²) in [5.74, 6) is -1.93. The molecule has 5 heterocycles. The highest BCUT2D eigenvalue weighted by molar-refractivity contribution is 5.92. The molecule has 1 N–H and O–H groups in total. The third kappa shape index (κ3) is 5.39. The molecule has 1 unspecified atom stereocenters. The van der Waals surface area contributed by atoms with Crippen molar-refractivity contribution >= 4 is 22.6 Å². The van der Waals surface area contributed by atoms with Crippen LogP contribution in [0.25, 0.3) is 16.6 Å². The van der Waals surface area contributed by atoms with Crippen molar-refractivity contribution in [2.75, 3.05) is 13.2 Å². The number of hydrogen-bond donors (Lipinski definition) is 1. The quantitative estimate of drug-likeness (QED) is 0.245. The van der Waals surface area contributed by atoms with E-state index in [0.29, 0.717) is 48.8 Å². The Kier molecular flexibility index (Phi) is 7.04. The zero-order chi connectivity index (χ0) is 31.5. The number of alkyl halides is 3. The van der Waals surface area contributed by atoms with Crippen molar-refractivity contribution in [3.05, 3.63) is 88.8 Å². The molecule has 1 fully saturated rings. The maximum absolute atomic E-state index is 14.9. The number of hydrogen-bond acceptors (Lipinski definition) is 7. The molecule has 0 radical (unpaired) electrons. The van der Waals surface area contributed by atoms with Gasteiger partial charge in [0.25, 0.3) is 5.79 Å². The SMILES string of the molecule is C[C@]1(c2ccc(C(F)(F)F)cn2)Oc2cccc(C3=CCC(Cc4nc5c(F)cc(C(=O)O)cc5n4C[C@@H]4CCO4)OC3)c2O1. The van der Waals surface area contributed by atoms with E-state index in [1.807, 2.05) is 16.7 Å². The molecule has 13 heteroatoms. The van der Waals surface area contributed by atoms with Crippen molar-refractivity contribution in [3.8, 4) is 11.5 Å². The fourth-order valence-electron chi connectivity index (χ4n) is 5.80. The zero-order valence-electron chi connectivity index (χ0n) is 23.9. The molecule has 7 rings (SSSR count). The number of imidazole rings is 1. The average molecular weight is 626 g/mol. The third-order valence-electron chi connectivity index (χ3n) is 8.31.